The number of aryl methyl sites for hydroxylation is 1. The number of hydrogen-bond donors (Lipinski definition) is 1. The summed E-state index contributed by atoms with van der Waals surface area (Å²) in [7, 11) is 1.66. The van der Waals surface area contributed by atoms with Crippen LogP contribution in [0.15, 0.2) is 66.7 Å². The van der Waals surface area contributed by atoms with Crippen LogP contribution in [-0.4, -0.2) is 37.6 Å². The maximum atomic E-state index is 13.9. The molecule has 1 saturated heterocycles. The van der Waals surface area contributed by atoms with Crippen molar-refractivity contribution >= 4 is 17.5 Å². The van der Waals surface area contributed by atoms with Gasteiger partial charge in [0.2, 0.25) is 5.91 Å². The molecule has 0 unspecified atom stereocenters. The Labute approximate surface area is 212 Å². The minimum atomic E-state index is -0.205. The first-order valence-corrected chi connectivity index (χ1v) is 12.4. The van der Waals surface area contributed by atoms with E-state index in [4.69, 9.17) is 16.3 Å². The van der Waals surface area contributed by atoms with Crippen molar-refractivity contribution in [3.63, 3.8) is 0 Å². The average Bonchev–Trinajstić information content (AvgIpc) is 2.87. The van der Waals surface area contributed by atoms with E-state index in [-0.39, 0.29) is 23.6 Å². The Hall–Kier alpha value is -2.89. The van der Waals surface area contributed by atoms with E-state index in [1.165, 1.54) is 6.07 Å². The van der Waals surface area contributed by atoms with E-state index in [1.807, 2.05) is 60.7 Å². The lowest BCUT2D eigenvalue weighted by molar-refractivity contribution is -0.127. The molecule has 3 aromatic carbocycles. The largest absolute Gasteiger partial charge is 0.496 e. The fraction of sp³-hybridized carbons (Fsp3) is 0.345. The lowest BCUT2D eigenvalue weighted by Gasteiger charge is -2.37. The quantitative estimate of drug-likeness (QED) is 0.433. The molecule has 0 bridgehead atoms. The summed E-state index contributed by atoms with van der Waals surface area (Å²) in [5, 5.41) is 3.86. The van der Waals surface area contributed by atoms with Gasteiger partial charge >= 0.3 is 0 Å². The van der Waals surface area contributed by atoms with Crippen LogP contribution in [0.2, 0.25) is 5.02 Å². The van der Waals surface area contributed by atoms with Crippen LogP contribution in [0, 0.1) is 18.7 Å². The first kappa shape index (κ1) is 25.2. The number of piperidine rings is 1. The van der Waals surface area contributed by atoms with Gasteiger partial charge in [0.25, 0.3) is 0 Å². The Bertz CT molecular complexity index is 1170. The molecule has 0 aromatic heterocycles. The van der Waals surface area contributed by atoms with Gasteiger partial charge in [-0.15, -0.1) is 0 Å². The molecule has 0 radical (unpaired) electrons. The highest BCUT2D eigenvalue weighted by Gasteiger charge is 2.32. The zero-order valence-corrected chi connectivity index (χ0v) is 21.0. The Kier molecular flexibility index (Phi) is 8.42. The topological polar surface area (TPSA) is 41.6 Å². The van der Waals surface area contributed by atoms with Gasteiger partial charge in [0.05, 0.1) is 13.0 Å². The Balaban J connectivity index is 1.47. The number of carbonyl (C=O) groups excluding carboxylic acids is 1. The minimum absolute atomic E-state index is 0.0487. The maximum Gasteiger partial charge on any atom is 0.224 e. The van der Waals surface area contributed by atoms with Gasteiger partial charge < -0.3 is 10.1 Å². The number of amides is 1. The molecule has 0 spiro atoms. The van der Waals surface area contributed by atoms with Crippen LogP contribution in [0.4, 0.5) is 4.39 Å². The minimum Gasteiger partial charge on any atom is -0.496 e. The summed E-state index contributed by atoms with van der Waals surface area (Å²) in [6.07, 6.45) is 1.43. The van der Waals surface area contributed by atoms with E-state index < -0.39 is 0 Å². The van der Waals surface area contributed by atoms with Gasteiger partial charge in [-0.05, 0) is 66.1 Å². The fourth-order valence-electron chi connectivity index (χ4n) is 4.91. The number of benzene rings is 3. The van der Waals surface area contributed by atoms with Crippen LogP contribution in [0.1, 0.15) is 34.6 Å². The van der Waals surface area contributed by atoms with Crippen LogP contribution < -0.4 is 10.1 Å². The van der Waals surface area contributed by atoms with Gasteiger partial charge in [0.1, 0.15) is 11.6 Å². The van der Waals surface area contributed by atoms with E-state index in [0.29, 0.717) is 31.6 Å². The van der Waals surface area contributed by atoms with Crippen molar-refractivity contribution in [3.05, 3.63) is 99.8 Å². The number of carbonyl (C=O) groups is 1. The zero-order valence-electron chi connectivity index (χ0n) is 20.3. The summed E-state index contributed by atoms with van der Waals surface area (Å²) < 4.78 is 19.3. The SMILES string of the molecule is COc1ccccc1CCNC(=O)[C@@H]1C[C@H](c2ccc(F)c(C)c2)CN(Cc2ccccc2Cl)C1. The summed E-state index contributed by atoms with van der Waals surface area (Å²) >= 11 is 6.43. The smallest absolute Gasteiger partial charge is 0.224 e. The summed E-state index contributed by atoms with van der Waals surface area (Å²) in [6.45, 7) is 4.44. The van der Waals surface area contributed by atoms with Gasteiger partial charge in [0.15, 0.2) is 0 Å². The first-order chi connectivity index (χ1) is 16.9. The maximum absolute atomic E-state index is 13.9. The van der Waals surface area contributed by atoms with Gasteiger partial charge in [-0.2, -0.15) is 0 Å². The van der Waals surface area contributed by atoms with Crippen molar-refractivity contribution in [2.24, 2.45) is 5.92 Å². The van der Waals surface area contributed by atoms with E-state index in [2.05, 4.69) is 10.2 Å². The second-order valence-electron chi connectivity index (χ2n) is 9.28. The van der Waals surface area contributed by atoms with Crippen molar-refractivity contribution in [1.82, 2.24) is 10.2 Å². The average molecular weight is 495 g/mol. The van der Waals surface area contributed by atoms with Crippen molar-refractivity contribution in [2.45, 2.75) is 32.2 Å². The number of nitrogens with one attached hydrogen (secondary N) is 1. The number of likely N-dealkylation sites (tertiary alicyclic amines) is 1. The zero-order chi connectivity index (χ0) is 24.8. The molecule has 0 aliphatic carbocycles. The van der Waals surface area contributed by atoms with Crippen LogP contribution in [-0.2, 0) is 17.8 Å². The number of halogens is 2. The van der Waals surface area contributed by atoms with Crippen LogP contribution in [0.5, 0.6) is 5.75 Å². The van der Waals surface area contributed by atoms with Crippen LogP contribution in [0.25, 0.3) is 0 Å². The molecule has 4 rings (SSSR count). The molecule has 3 aromatic rings. The molecule has 35 heavy (non-hydrogen) atoms. The summed E-state index contributed by atoms with van der Waals surface area (Å²) in [5.74, 6) is 0.641. The number of para-hydroxylation sites is 1. The number of methoxy groups -OCH3 is 1. The second-order valence-corrected chi connectivity index (χ2v) is 9.68. The molecule has 1 aliphatic rings. The molecule has 0 saturated carbocycles. The molecular weight excluding hydrogens is 463 g/mol. The first-order valence-electron chi connectivity index (χ1n) is 12.1. The van der Waals surface area contributed by atoms with Gasteiger partial charge in [-0.1, -0.05) is 60.1 Å². The van der Waals surface area contributed by atoms with Gasteiger partial charge in [-0.25, -0.2) is 4.39 Å². The molecule has 1 fully saturated rings. The third kappa shape index (κ3) is 6.41. The van der Waals surface area contributed by atoms with Crippen molar-refractivity contribution in [1.29, 1.82) is 0 Å². The monoisotopic (exact) mass is 494 g/mol. The van der Waals surface area contributed by atoms with E-state index in [1.54, 1.807) is 14.0 Å². The highest BCUT2D eigenvalue weighted by Crippen LogP contribution is 2.33. The summed E-state index contributed by atoms with van der Waals surface area (Å²) in [4.78, 5) is 15.5. The predicted molar refractivity (Wildman–Crippen MR) is 138 cm³/mol. The van der Waals surface area contributed by atoms with Gasteiger partial charge in [-0.3, -0.25) is 9.69 Å². The van der Waals surface area contributed by atoms with E-state index in [9.17, 15) is 9.18 Å². The summed E-state index contributed by atoms with van der Waals surface area (Å²) in [6, 6.07) is 21.0. The normalized spacial score (nSPS) is 18.3. The highest BCUT2D eigenvalue weighted by molar-refractivity contribution is 6.31. The number of nitrogens with zero attached hydrogens (tertiary/aromatic N) is 1. The van der Waals surface area contributed by atoms with E-state index in [0.717, 1.165) is 40.4 Å². The Morgan fingerprint density at radius 3 is 2.57 bits per heavy atom. The molecule has 1 aliphatic heterocycles. The lowest BCUT2D eigenvalue weighted by Crippen LogP contribution is -2.45. The molecule has 1 N–H and O–H groups in total. The third-order valence-electron chi connectivity index (χ3n) is 6.79. The third-order valence-corrected chi connectivity index (χ3v) is 7.16. The number of ether oxygens (including phenoxy) is 1. The summed E-state index contributed by atoms with van der Waals surface area (Å²) in [5.41, 5.74) is 3.81. The Morgan fingerprint density at radius 2 is 1.83 bits per heavy atom. The standard InChI is InChI=1S/C29H32ClFN2O2/c1-20-15-22(11-12-27(20)31)24-16-25(19-33(18-24)17-23-8-3-5-9-26(23)30)29(34)32-14-13-21-7-4-6-10-28(21)35-2/h3-12,15,24-25H,13-14,16-19H2,1-2H3,(H,32,34)/t24-,25+/m0/s1. The molecule has 4 nitrogen and oxygen atoms in total. The molecule has 184 valence electrons. The van der Waals surface area contributed by atoms with Gasteiger partial charge in [0, 0.05) is 31.2 Å². The van der Waals surface area contributed by atoms with Crippen molar-refractivity contribution in [2.75, 3.05) is 26.7 Å². The highest BCUT2D eigenvalue weighted by atomic mass is 35.5. The molecular formula is C29H32ClFN2O2. The molecule has 2 atom stereocenters. The number of rotatable bonds is 8. The van der Waals surface area contributed by atoms with Crippen molar-refractivity contribution < 1.29 is 13.9 Å². The number of hydrogen-bond acceptors (Lipinski definition) is 3. The molecule has 1 amide bonds. The Morgan fingerprint density at radius 1 is 1.09 bits per heavy atom. The van der Waals surface area contributed by atoms with Crippen LogP contribution in [0.3, 0.4) is 0 Å². The van der Waals surface area contributed by atoms with Crippen molar-refractivity contribution in [3.8, 4) is 5.75 Å². The van der Waals surface area contributed by atoms with Crippen LogP contribution >= 0.6 is 11.6 Å². The molecule has 6 heteroatoms. The molecule has 1 heterocycles. The second kappa shape index (κ2) is 11.7. The fourth-order valence-corrected chi connectivity index (χ4v) is 5.11. The predicted octanol–water partition coefficient (Wildman–Crippen LogP) is 5.76. The van der Waals surface area contributed by atoms with E-state index >= 15 is 0 Å². The lowest BCUT2D eigenvalue weighted by atomic mass is 9.83.